The average Bonchev–Trinajstić information content (AvgIpc) is 2.78. The Labute approximate surface area is 113 Å². The van der Waals surface area contributed by atoms with Gasteiger partial charge in [0.1, 0.15) is 0 Å². The molecule has 1 atom stereocenters. The van der Waals surface area contributed by atoms with Gasteiger partial charge in [0.05, 0.1) is 6.04 Å². The molecule has 0 amide bonds. The van der Waals surface area contributed by atoms with Gasteiger partial charge in [-0.1, -0.05) is 6.92 Å². The molecule has 0 radical (unpaired) electrons. The zero-order valence-corrected chi connectivity index (χ0v) is 12.1. The van der Waals surface area contributed by atoms with Crippen LogP contribution in [-0.2, 0) is 0 Å². The lowest BCUT2D eigenvalue weighted by Gasteiger charge is -2.19. The summed E-state index contributed by atoms with van der Waals surface area (Å²) in [5.74, 6) is 0. The minimum Gasteiger partial charge on any atom is -0.306 e. The molecule has 18 heavy (non-hydrogen) atoms. The van der Waals surface area contributed by atoms with Crippen molar-refractivity contribution in [1.82, 2.24) is 10.3 Å². The van der Waals surface area contributed by atoms with Gasteiger partial charge in [0, 0.05) is 17.3 Å². The van der Waals surface area contributed by atoms with E-state index in [1.807, 2.05) is 12.4 Å². The van der Waals surface area contributed by atoms with E-state index in [1.165, 1.54) is 21.6 Å². The second-order valence-corrected chi connectivity index (χ2v) is 5.73. The van der Waals surface area contributed by atoms with E-state index in [0.29, 0.717) is 0 Å². The van der Waals surface area contributed by atoms with E-state index in [1.54, 1.807) is 11.3 Å². The summed E-state index contributed by atoms with van der Waals surface area (Å²) in [5.41, 5.74) is 3.92. The normalized spacial score (nSPS) is 12.6. The summed E-state index contributed by atoms with van der Waals surface area (Å²) in [5, 5.41) is 5.87. The van der Waals surface area contributed by atoms with E-state index in [4.69, 9.17) is 0 Å². The number of thiophene rings is 1. The monoisotopic (exact) mass is 260 g/mol. The van der Waals surface area contributed by atoms with Crippen LogP contribution in [0.15, 0.2) is 29.9 Å². The molecule has 2 rings (SSSR count). The Bertz CT molecular complexity index is 505. The largest absolute Gasteiger partial charge is 0.306 e. The Morgan fingerprint density at radius 1 is 1.39 bits per heavy atom. The lowest BCUT2D eigenvalue weighted by atomic mass is 9.98. The van der Waals surface area contributed by atoms with Crippen molar-refractivity contribution >= 4 is 11.3 Å². The molecule has 0 bridgehead atoms. The fourth-order valence-electron chi connectivity index (χ4n) is 2.09. The molecule has 2 aromatic rings. The number of hydrogen-bond acceptors (Lipinski definition) is 3. The molecule has 0 saturated heterocycles. The zero-order valence-electron chi connectivity index (χ0n) is 11.2. The molecule has 0 fully saturated rings. The van der Waals surface area contributed by atoms with Crippen LogP contribution < -0.4 is 5.32 Å². The van der Waals surface area contributed by atoms with Crippen LogP contribution in [0.1, 0.15) is 41.0 Å². The van der Waals surface area contributed by atoms with Crippen molar-refractivity contribution in [3.8, 4) is 0 Å². The van der Waals surface area contributed by atoms with Crippen LogP contribution in [0.25, 0.3) is 0 Å². The number of aryl methyl sites for hydroxylation is 2. The smallest absolute Gasteiger partial charge is 0.0602 e. The second kappa shape index (κ2) is 6.12. The van der Waals surface area contributed by atoms with Crippen molar-refractivity contribution in [2.75, 3.05) is 6.54 Å². The molecule has 0 aliphatic heterocycles. The highest BCUT2D eigenvalue weighted by Gasteiger charge is 2.16. The second-order valence-electron chi connectivity index (χ2n) is 4.61. The van der Waals surface area contributed by atoms with Gasteiger partial charge in [-0.3, -0.25) is 4.98 Å². The van der Waals surface area contributed by atoms with Crippen LogP contribution in [-0.4, -0.2) is 11.5 Å². The van der Waals surface area contributed by atoms with E-state index in [2.05, 4.69) is 48.6 Å². The van der Waals surface area contributed by atoms with Gasteiger partial charge in [0.2, 0.25) is 0 Å². The maximum atomic E-state index is 4.27. The predicted molar refractivity (Wildman–Crippen MR) is 78.2 cm³/mol. The molecular formula is C15H20N2S. The molecular weight excluding hydrogens is 240 g/mol. The minimum absolute atomic E-state index is 0.267. The lowest BCUT2D eigenvalue weighted by Crippen LogP contribution is -2.23. The Balaban J connectivity index is 2.33. The van der Waals surface area contributed by atoms with Crippen LogP contribution in [0.3, 0.4) is 0 Å². The first-order valence-electron chi connectivity index (χ1n) is 6.41. The van der Waals surface area contributed by atoms with Gasteiger partial charge in [0.15, 0.2) is 0 Å². The van der Waals surface area contributed by atoms with E-state index in [-0.39, 0.29) is 6.04 Å². The van der Waals surface area contributed by atoms with Gasteiger partial charge in [-0.25, -0.2) is 0 Å². The molecule has 1 N–H and O–H groups in total. The van der Waals surface area contributed by atoms with Gasteiger partial charge in [-0.05, 0) is 61.0 Å². The quantitative estimate of drug-likeness (QED) is 0.883. The van der Waals surface area contributed by atoms with Crippen molar-refractivity contribution in [3.05, 3.63) is 51.5 Å². The first kappa shape index (κ1) is 13.2. The van der Waals surface area contributed by atoms with Crippen LogP contribution in [0, 0.1) is 13.8 Å². The molecule has 0 aromatic carbocycles. The predicted octanol–water partition coefficient (Wildman–Crippen LogP) is 3.85. The number of nitrogens with one attached hydrogen (secondary N) is 1. The molecule has 3 heteroatoms. The number of hydrogen-bond donors (Lipinski definition) is 1. The molecule has 96 valence electrons. The van der Waals surface area contributed by atoms with Crippen molar-refractivity contribution in [2.24, 2.45) is 0 Å². The Hall–Kier alpha value is -1.19. The first-order chi connectivity index (χ1) is 8.72. The fourth-order valence-corrected chi connectivity index (χ4v) is 2.82. The highest BCUT2D eigenvalue weighted by atomic mass is 32.1. The molecule has 0 spiro atoms. The molecule has 2 nitrogen and oxygen atoms in total. The third kappa shape index (κ3) is 2.98. The van der Waals surface area contributed by atoms with Crippen LogP contribution >= 0.6 is 11.3 Å². The van der Waals surface area contributed by atoms with E-state index in [0.717, 1.165) is 13.0 Å². The van der Waals surface area contributed by atoms with Crippen molar-refractivity contribution in [3.63, 3.8) is 0 Å². The topological polar surface area (TPSA) is 24.9 Å². The Morgan fingerprint density at radius 3 is 2.83 bits per heavy atom. The summed E-state index contributed by atoms with van der Waals surface area (Å²) in [4.78, 5) is 5.63. The van der Waals surface area contributed by atoms with Gasteiger partial charge >= 0.3 is 0 Å². The SMILES string of the molecule is CCCNC(c1csc(C)c1)c1cnccc1C. The molecule has 0 aliphatic carbocycles. The summed E-state index contributed by atoms with van der Waals surface area (Å²) in [6, 6.07) is 4.61. The highest BCUT2D eigenvalue weighted by molar-refractivity contribution is 7.10. The summed E-state index contributed by atoms with van der Waals surface area (Å²) in [6.45, 7) is 7.52. The highest BCUT2D eigenvalue weighted by Crippen LogP contribution is 2.27. The van der Waals surface area contributed by atoms with Gasteiger partial charge in [-0.15, -0.1) is 11.3 Å². The molecule has 0 aliphatic rings. The number of rotatable bonds is 5. The molecule has 1 unspecified atom stereocenters. The number of nitrogens with zero attached hydrogens (tertiary/aromatic N) is 1. The Kier molecular flexibility index (Phi) is 4.50. The standard InChI is InChI=1S/C15H20N2S/c1-4-6-17-15(13-8-12(3)18-10-13)14-9-16-7-5-11(14)2/h5,7-10,15,17H,4,6H2,1-3H3. The van der Waals surface area contributed by atoms with E-state index < -0.39 is 0 Å². The number of aromatic nitrogens is 1. The van der Waals surface area contributed by atoms with E-state index in [9.17, 15) is 0 Å². The van der Waals surface area contributed by atoms with Gasteiger partial charge in [-0.2, -0.15) is 0 Å². The maximum absolute atomic E-state index is 4.27. The van der Waals surface area contributed by atoms with Crippen LogP contribution in [0.4, 0.5) is 0 Å². The third-order valence-corrected chi connectivity index (χ3v) is 3.95. The third-order valence-electron chi connectivity index (χ3n) is 3.07. The average molecular weight is 260 g/mol. The molecule has 2 aromatic heterocycles. The number of pyridine rings is 1. The van der Waals surface area contributed by atoms with Gasteiger partial charge < -0.3 is 5.32 Å². The summed E-state index contributed by atoms with van der Waals surface area (Å²) in [6.07, 6.45) is 4.98. The maximum Gasteiger partial charge on any atom is 0.0602 e. The van der Waals surface area contributed by atoms with Crippen LogP contribution in [0.2, 0.25) is 0 Å². The summed E-state index contributed by atoms with van der Waals surface area (Å²) in [7, 11) is 0. The van der Waals surface area contributed by atoms with Crippen molar-refractivity contribution in [2.45, 2.75) is 33.2 Å². The molecule has 0 saturated carbocycles. The van der Waals surface area contributed by atoms with E-state index >= 15 is 0 Å². The summed E-state index contributed by atoms with van der Waals surface area (Å²) < 4.78 is 0. The molecule has 2 heterocycles. The van der Waals surface area contributed by atoms with Crippen molar-refractivity contribution in [1.29, 1.82) is 0 Å². The lowest BCUT2D eigenvalue weighted by molar-refractivity contribution is 0.596. The fraction of sp³-hybridized carbons (Fsp3) is 0.400. The Morgan fingerprint density at radius 2 is 2.22 bits per heavy atom. The summed E-state index contributed by atoms with van der Waals surface area (Å²) >= 11 is 1.81. The first-order valence-corrected chi connectivity index (χ1v) is 7.29. The van der Waals surface area contributed by atoms with Gasteiger partial charge in [0.25, 0.3) is 0 Å². The minimum atomic E-state index is 0.267. The van der Waals surface area contributed by atoms with Crippen molar-refractivity contribution < 1.29 is 0 Å². The zero-order chi connectivity index (χ0) is 13.0. The van der Waals surface area contributed by atoms with Crippen LogP contribution in [0.5, 0.6) is 0 Å².